The van der Waals surface area contributed by atoms with Gasteiger partial charge in [0.05, 0.1) is 16.3 Å². The lowest BCUT2D eigenvalue weighted by molar-refractivity contribution is 0.0599. The fourth-order valence-electron chi connectivity index (χ4n) is 3.59. The molecule has 1 atom stereocenters. The van der Waals surface area contributed by atoms with E-state index in [0.29, 0.717) is 12.3 Å². The van der Waals surface area contributed by atoms with Gasteiger partial charge in [0.15, 0.2) is 0 Å². The van der Waals surface area contributed by atoms with Gasteiger partial charge in [0.2, 0.25) is 5.82 Å². The zero-order chi connectivity index (χ0) is 18.4. The van der Waals surface area contributed by atoms with Crippen molar-refractivity contribution in [1.82, 2.24) is 29.5 Å². The maximum atomic E-state index is 13.2. The quantitative estimate of drug-likeness (QED) is 0.534. The fraction of sp³-hybridized carbons (Fsp3) is 0.316. The first-order valence-corrected chi connectivity index (χ1v) is 9.87. The van der Waals surface area contributed by atoms with E-state index in [1.54, 1.807) is 22.0 Å². The second-order valence-corrected chi connectivity index (χ2v) is 7.83. The molecule has 1 aliphatic rings. The van der Waals surface area contributed by atoms with Crippen LogP contribution in [0.5, 0.6) is 0 Å². The highest BCUT2D eigenvalue weighted by molar-refractivity contribution is 7.18. The molecule has 4 aromatic rings. The standard InChI is InChI=1S/C19H18N6OS/c1-12-9-10-20-19-22-16(23-25(12)19)18(26)24-11-5-4-7-14(24)17-21-13-6-2-3-8-15(13)27-17/h2-3,6,8-10,14H,4-5,7,11H2,1H3. The molecule has 3 aromatic heterocycles. The minimum Gasteiger partial charge on any atom is -0.326 e. The molecule has 0 N–H and O–H groups in total. The van der Waals surface area contributed by atoms with Crippen LogP contribution < -0.4 is 0 Å². The number of thiazole rings is 1. The maximum absolute atomic E-state index is 13.2. The predicted molar refractivity (Wildman–Crippen MR) is 103 cm³/mol. The van der Waals surface area contributed by atoms with E-state index < -0.39 is 0 Å². The summed E-state index contributed by atoms with van der Waals surface area (Å²) in [4.78, 5) is 28.4. The van der Waals surface area contributed by atoms with E-state index in [1.165, 1.54) is 0 Å². The first-order valence-electron chi connectivity index (χ1n) is 9.05. The molecule has 1 aromatic carbocycles. The molecule has 1 aliphatic heterocycles. The number of benzene rings is 1. The molecule has 1 fully saturated rings. The zero-order valence-corrected chi connectivity index (χ0v) is 15.7. The maximum Gasteiger partial charge on any atom is 0.294 e. The Bertz CT molecular complexity index is 1120. The third kappa shape index (κ3) is 2.76. The van der Waals surface area contributed by atoms with E-state index in [4.69, 9.17) is 4.98 Å². The molecule has 0 saturated carbocycles. The second kappa shape index (κ2) is 6.38. The van der Waals surface area contributed by atoms with Crippen LogP contribution in [0.15, 0.2) is 36.5 Å². The highest BCUT2D eigenvalue weighted by atomic mass is 32.1. The molecule has 0 radical (unpaired) electrons. The van der Waals surface area contributed by atoms with E-state index in [1.807, 2.05) is 36.1 Å². The number of likely N-dealkylation sites (tertiary alicyclic amines) is 1. The molecule has 1 saturated heterocycles. The third-order valence-corrected chi connectivity index (χ3v) is 6.12. The summed E-state index contributed by atoms with van der Waals surface area (Å²) in [6, 6.07) is 9.92. The number of aryl methyl sites for hydroxylation is 1. The fourth-order valence-corrected chi connectivity index (χ4v) is 4.70. The Morgan fingerprint density at radius 3 is 2.93 bits per heavy atom. The first kappa shape index (κ1) is 16.3. The van der Waals surface area contributed by atoms with E-state index >= 15 is 0 Å². The zero-order valence-electron chi connectivity index (χ0n) is 14.9. The Morgan fingerprint density at radius 2 is 2.07 bits per heavy atom. The number of carbonyl (C=O) groups excluding carboxylic acids is 1. The molecule has 8 heteroatoms. The lowest BCUT2D eigenvalue weighted by atomic mass is 10.0. The van der Waals surface area contributed by atoms with Crippen molar-refractivity contribution in [3.05, 3.63) is 53.1 Å². The summed E-state index contributed by atoms with van der Waals surface area (Å²) < 4.78 is 2.76. The van der Waals surface area contributed by atoms with Crippen LogP contribution in [-0.4, -0.2) is 41.9 Å². The molecular formula is C19H18N6OS. The Hall–Kier alpha value is -2.87. The van der Waals surface area contributed by atoms with Crippen LogP contribution in [0.3, 0.4) is 0 Å². The molecule has 0 aliphatic carbocycles. The van der Waals surface area contributed by atoms with Crippen molar-refractivity contribution < 1.29 is 4.79 Å². The molecule has 0 bridgehead atoms. The van der Waals surface area contributed by atoms with E-state index in [-0.39, 0.29) is 17.8 Å². The Kier molecular flexibility index (Phi) is 3.86. The molecule has 27 heavy (non-hydrogen) atoms. The van der Waals surface area contributed by atoms with Gasteiger partial charge in [-0.05, 0) is 44.4 Å². The molecule has 7 nitrogen and oxygen atoms in total. The largest absolute Gasteiger partial charge is 0.326 e. The number of hydrogen-bond acceptors (Lipinski definition) is 6. The summed E-state index contributed by atoms with van der Waals surface area (Å²) in [5.74, 6) is 0.501. The van der Waals surface area contributed by atoms with E-state index in [0.717, 1.165) is 40.2 Å². The van der Waals surface area contributed by atoms with Crippen LogP contribution in [0.25, 0.3) is 16.0 Å². The van der Waals surface area contributed by atoms with E-state index in [9.17, 15) is 4.79 Å². The lowest BCUT2D eigenvalue weighted by Crippen LogP contribution is -2.39. The van der Waals surface area contributed by atoms with Gasteiger partial charge in [-0.15, -0.1) is 16.4 Å². The number of carbonyl (C=O) groups is 1. The van der Waals surface area contributed by atoms with Gasteiger partial charge in [-0.25, -0.2) is 14.5 Å². The van der Waals surface area contributed by atoms with Crippen LogP contribution >= 0.6 is 11.3 Å². The summed E-state index contributed by atoms with van der Waals surface area (Å²) in [5, 5.41) is 5.38. The Morgan fingerprint density at radius 1 is 1.19 bits per heavy atom. The van der Waals surface area contributed by atoms with Crippen molar-refractivity contribution in [3.8, 4) is 0 Å². The second-order valence-electron chi connectivity index (χ2n) is 6.76. The van der Waals surface area contributed by atoms with Gasteiger partial charge >= 0.3 is 0 Å². The molecule has 0 spiro atoms. The molecule has 1 unspecified atom stereocenters. The normalized spacial score (nSPS) is 17.7. The summed E-state index contributed by atoms with van der Waals surface area (Å²) in [5.41, 5.74) is 1.88. The number of piperidine rings is 1. The van der Waals surface area contributed by atoms with Crippen LogP contribution in [-0.2, 0) is 0 Å². The summed E-state index contributed by atoms with van der Waals surface area (Å²) in [6.45, 7) is 2.61. The minimum atomic E-state index is -0.149. The van der Waals surface area contributed by atoms with Crippen molar-refractivity contribution in [2.45, 2.75) is 32.2 Å². The van der Waals surface area contributed by atoms with Gasteiger partial charge in [-0.2, -0.15) is 4.98 Å². The Balaban J connectivity index is 1.52. The smallest absolute Gasteiger partial charge is 0.294 e. The van der Waals surface area contributed by atoms with Gasteiger partial charge in [0.25, 0.3) is 11.7 Å². The SMILES string of the molecule is Cc1ccnc2nc(C(=O)N3CCCCC3c3nc4ccccc4s3)nn12. The van der Waals surface area contributed by atoms with Crippen LogP contribution in [0.4, 0.5) is 0 Å². The molecule has 4 heterocycles. The number of rotatable bonds is 2. The summed E-state index contributed by atoms with van der Waals surface area (Å²) in [7, 11) is 0. The first-order chi connectivity index (χ1) is 13.2. The molecule has 1 amide bonds. The Labute approximate surface area is 159 Å². The highest BCUT2D eigenvalue weighted by Crippen LogP contribution is 2.36. The number of aromatic nitrogens is 5. The minimum absolute atomic E-state index is 0.0238. The highest BCUT2D eigenvalue weighted by Gasteiger charge is 2.33. The van der Waals surface area contributed by atoms with Gasteiger partial charge < -0.3 is 4.90 Å². The number of hydrogen-bond donors (Lipinski definition) is 0. The molecular weight excluding hydrogens is 360 g/mol. The van der Waals surface area contributed by atoms with Crippen LogP contribution in [0, 0.1) is 6.92 Å². The summed E-state index contributed by atoms with van der Waals surface area (Å²) >= 11 is 1.66. The van der Waals surface area contributed by atoms with Gasteiger partial charge in [0, 0.05) is 18.4 Å². The average molecular weight is 378 g/mol. The average Bonchev–Trinajstić information content (AvgIpc) is 3.32. The van der Waals surface area contributed by atoms with Crippen molar-refractivity contribution in [3.63, 3.8) is 0 Å². The van der Waals surface area contributed by atoms with Crippen molar-refractivity contribution in [2.24, 2.45) is 0 Å². The van der Waals surface area contributed by atoms with E-state index in [2.05, 4.69) is 21.1 Å². The van der Waals surface area contributed by atoms with Crippen molar-refractivity contribution >= 4 is 33.2 Å². The van der Waals surface area contributed by atoms with Gasteiger partial charge in [-0.1, -0.05) is 12.1 Å². The summed E-state index contributed by atoms with van der Waals surface area (Å²) in [6.07, 6.45) is 4.66. The molecule has 5 rings (SSSR count). The third-order valence-electron chi connectivity index (χ3n) is 4.98. The number of nitrogens with zero attached hydrogens (tertiary/aromatic N) is 6. The lowest BCUT2D eigenvalue weighted by Gasteiger charge is -2.33. The number of amides is 1. The van der Waals surface area contributed by atoms with Crippen LogP contribution in [0.1, 0.15) is 46.6 Å². The van der Waals surface area contributed by atoms with Crippen molar-refractivity contribution in [2.75, 3.05) is 6.54 Å². The van der Waals surface area contributed by atoms with Crippen molar-refractivity contribution in [1.29, 1.82) is 0 Å². The van der Waals surface area contributed by atoms with Crippen LogP contribution in [0.2, 0.25) is 0 Å². The number of fused-ring (bicyclic) bond motifs is 2. The number of para-hydroxylation sites is 1. The van der Waals surface area contributed by atoms with Gasteiger partial charge in [0.1, 0.15) is 5.01 Å². The monoisotopic (exact) mass is 378 g/mol. The topological polar surface area (TPSA) is 76.3 Å². The molecule has 136 valence electrons. The van der Waals surface area contributed by atoms with Gasteiger partial charge in [-0.3, -0.25) is 4.79 Å². The predicted octanol–water partition coefficient (Wildman–Crippen LogP) is 3.41.